The molecule has 5 nitrogen and oxygen atoms in total. The fourth-order valence-corrected chi connectivity index (χ4v) is 4.46. The van der Waals surface area contributed by atoms with Gasteiger partial charge in [0.05, 0.1) is 17.3 Å². The van der Waals surface area contributed by atoms with E-state index in [-0.39, 0.29) is 29.9 Å². The number of phenols is 1. The molecule has 0 unspecified atom stereocenters. The summed E-state index contributed by atoms with van der Waals surface area (Å²) in [6.45, 7) is -0.359. The third-order valence-electron chi connectivity index (χ3n) is 4.72. The number of amides is 1. The lowest BCUT2D eigenvalue weighted by atomic mass is 10.1. The highest BCUT2D eigenvalue weighted by atomic mass is 32.2. The number of anilines is 1. The Morgan fingerprint density at radius 1 is 0.966 bits per heavy atom. The quantitative estimate of drug-likeness (QED) is 0.651. The van der Waals surface area contributed by atoms with Crippen molar-refractivity contribution in [2.24, 2.45) is 0 Å². The number of carbonyl (C=O) groups is 2. The molecule has 1 atom stereocenters. The first-order valence-corrected chi connectivity index (χ1v) is 10.2. The zero-order valence-electron chi connectivity index (χ0n) is 15.5. The van der Waals surface area contributed by atoms with Gasteiger partial charge in [0.1, 0.15) is 5.75 Å². The second kappa shape index (κ2) is 8.41. The number of fused-ring (bicyclic) bond motifs is 1. The van der Waals surface area contributed by atoms with E-state index in [0.717, 1.165) is 21.9 Å². The molecule has 0 aromatic heterocycles. The molecular weight excluding hydrogens is 386 g/mol. The Morgan fingerprint density at radius 2 is 1.66 bits per heavy atom. The van der Waals surface area contributed by atoms with Gasteiger partial charge in [-0.2, -0.15) is 0 Å². The molecule has 4 rings (SSSR count). The van der Waals surface area contributed by atoms with Gasteiger partial charge < -0.3 is 9.84 Å². The van der Waals surface area contributed by atoms with Crippen molar-refractivity contribution < 1.29 is 19.4 Å². The molecule has 29 heavy (non-hydrogen) atoms. The number of aromatic hydroxyl groups is 1. The highest BCUT2D eigenvalue weighted by Crippen LogP contribution is 2.43. The Kier molecular flexibility index (Phi) is 5.53. The number of phenolic OH excluding ortho intramolecular Hbond substituents is 1. The van der Waals surface area contributed by atoms with Gasteiger partial charge in [-0.05, 0) is 42.0 Å². The summed E-state index contributed by atoms with van der Waals surface area (Å²) in [5.74, 6) is -0.0997. The molecule has 0 fully saturated rings. The molecular formula is C23H19NO4S. The van der Waals surface area contributed by atoms with Crippen molar-refractivity contribution in [1.82, 2.24) is 0 Å². The Balaban J connectivity index is 1.56. The number of thioether (sulfide) groups is 1. The SMILES string of the molecule is O=C(OCC(=O)N1c2ccccc2SC[C@@H]1c1ccccc1)c1ccc(O)cc1. The van der Waals surface area contributed by atoms with Crippen LogP contribution in [0.5, 0.6) is 5.75 Å². The summed E-state index contributed by atoms with van der Waals surface area (Å²) in [6.07, 6.45) is 0. The van der Waals surface area contributed by atoms with Crippen molar-refractivity contribution >= 4 is 29.3 Å². The Hall–Kier alpha value is -3.25. The Labute approximate surface area is 172 Å². The summed E-state index contributed by atoms with van der Waals surface area (Å²) in [5.41, 5.74) is 2.14. The van der Waals surface area contributed by atoms with Crippen LogP contribution in [-0.2, 0) is 9.53 Å². The van der Waals surface area contributed by atoms with Gasteiger partial charge in [-0.15, -0.1) is 11.8 Å². The predicted molar refractivity (Wildman–Crippen MR) is 112 cm³/mol. The number of ether oxygens (including phenoxy) is 1. The van der Waals surface area contributed by atoms with Crippen LogP contribution in [0.3, 0.4) is 0 Å². The number of hydrogen-bond donors (Lipinski definition) is 1. The van der Waals surface area contributed by atoms with E-state index in [1.165, 1.54) is 24.3 Å². The van der Waals surface area contributed by atoms with Crippen LogP contribution >= 0.6 is 11.8 Å². The first-order chi connectivity index (χ1) is 14.1. The summed E-state index contributed by atoms with van der Waals surface area (Å²) in [4.78, 5) is 28.1. The average Bonchev–Trinajstić information content (AvgIpc) is 2.77. The first-order valence-electron chi connectivity index (χ1n) is 9.18. The monoisotopic (exact) mass is 405 g/mol. The Bertz CT molecular complexity index is 1020. The zero-order chi connectivity index (χ0) is 20.2. The largest absolute Gasteiger partial charge is 0.508 e. The molecule has 0 radical (unpaired) electrons. The van der Waals surface area contributed by atoms with Crippen molar-refractivity contribution in [3.8, 4) is 5.75 Å². The molecule has 3 aromatic rings. The molecule has 6 heteroatoms. The number of hydrogen-bond acceptors (Lipinski definition) is 5. The van der Waals surface area contributed by atoms with Crippen LogP contribution in [0.25, 0.3) is 0 Å². The van der Waals surface area contributed by atoms with E-state index < -0.39 is 5.97 Å². The van der Waals surface area contributed by atoms with E-state index in [1.54, 1.807) is 16.7 Å². The van der Waals surface area contributed by atoms with E-state index in [4.69, 9.17) is 4.74 Å². The van der Waals surface area contributed by atoms with Gasteiger partial charge >= 0.3 is 5.97 Å². The fraction of sp³-hybridized carbons (Fsp3) is 0.130. The average molecular weight is 405 g/mol. The van der Waals surface area contributed by atoms with Gasteiger partial charge in [0, 0.05) is 10.6 Å². The number of para-hydroxylation sites is 1. The smallest absolute Gasteiger partial charge is 0.338 e. The number of esters is 1. The van der Waals surface area contributed by atoms with Crippen LogP contribution in [-0.4, -0.2) is 29.3 Å². The lowest BCUT2D eigenvalue weighted by Gasteiger charge is -2.37. The fourth-order valence-electron chi connectivity index (χ4n) is 3.30. The Morgan fingerprint density at radius 3 is 2.41 bits per heavy atom. The van der Waals surface area contributed by atoms with Gasteiger partial charge in [0.15, 0.2) is 6.61 Å². The van der Waals surface area contributed by atoms with Crippen LogP contribution in [0.2, 0.25) is 0 Å². The lowest BCUT2D eigenvalue weighted by molar-refractivity contribution is -0.122. The molecule has 0 bridgehead atoms. The number of nitrogens with zero attached hydrogens (tertiary/aromatic N) is 1. The van der Waals surface area contributed by atoms with Gasteiger partial charge in [-0.1, -0.05) is 42.5 Å². The number of benzene rings is 3. The second-order valence-corrected chi connectivity index (χ2v) is 7.65. The lowest BCUT2D eigenvalue weighted by Crippen LogP contribution is -2.41. The van der Waals surface area contributed by atoms with Crippen molar-refractivity contribution in [3.63, 3.8) is 0 Å². The molecule has 0 aliphatic carbocycles. The second-order valence-electron chi connectivity index (χ2n) is 6.59. The van der Waals surface area contributed by atoms with Gasteiger partial charge in [0.25, 0.3) is 5.91 Å². The summed E-state index contributed by atoms with van der Waals surface area (Å²) in [5, 5.41) is 9.34. The van der Waals surface area contributed by atoms with Crippen LogP contribution in [0.4, 0.5) is 5.69 Å². The van der Waals surface area contributed by atoms with E-state index >= 15 is 0 Å². The van der Waals surface area contributed by atoms with E-state index in [1.807, 2.05) is 54.6 Å². The molecule has 146 valence electrons. The van der Waals surface area contributed by atoms with Crippen molar-refractivity contribution in [2.75, 3.05) is 17.3 Å². The summed E-state index contributed by atoms with van der Waals surface area (Å²) < 4.78 is 5.26. The highest BCUT2D eigenvalue weighted by Gasteiger charge is 2.32. The standard InChI is InChI=1S/C23H19NO4S/c25-18-12-10-17(11-13-18)23(27)28-14-22(26)24-19-8-4-5-9-21(19)29-15-20(24)16-6-2-1-3-7-16/h1-13,20,25H,14-15H2/t20-/m1/s1. The van der Waals surface area contributed by atoms with E-state index in [9.17, 15) is 14.7 Å². The molecule has 0 saturated heterocycles. The van der Waals surface area contributed by atoms with Crippen LogP contribution < -0.4 is 4.90 Å². The maximum atomic E-state index is 13.1. The minimum atomic E-state index is -0.603. The molecule has 0 spiro atoms. The molecule has 1 aliphatic heterocycles. The third kappa shape index (κ3) is 4.12. The molecule has 1 N–H and O–H groups in total. The van der Waals surface area contributed by atoms with Crippen molar-refractivity contribution in [1.29, 1.82) is 0 Å². The zero-order valence-corrected chi connectivity index (χ0v) is 16.3. The molecule has 1 amide bonds. The highest BCUT2D eigenvalue weighted by molar-refractivity contribution is 7.99. The predicted octanol–water partition coefficient (Wildman–Crippen LogP) is 4.43. The van der Waals surface area contributed by atoms with Crippen molar-refractivity contribution in [3.05, 3.63) is 90.0 Å². The van der Waals surface area contributed by atoms with Crippen molar-refractivity contribution in [2.45, 2.75) is 10.9 Å². The van der Waals surface area contributed by atoms with E-state index in [0.29, 0.717) is 0 Å². The number of carbonyl (C=O) groups excluding carboxylic acids is 2. The summed E-state index contributed by atoms with van der Waals surface area (Å²) >= 11 is 1.71. The molecule has 0 saturated carbocycles. The van der Waals surface area contributed by atoms with Crippen LogP contribution in [0.1, 0.15) is 22.0 Å². The minimum Gasteiger partial charge on any atom is -0.508 e. The van der Waals surface area contributed by atoms with Crippen LogP contribution in [0.15, 0.2) is 83.8 Å². The van der Waals surface area contributed by atoms with Crippen LogP contribution in [0, 0.1) is 0 Å². The number of rotatable bonds is 4. The minimum absolute atomic E-state index is 0.0609. The first kappa shape index (κ1) is 19.1. The molecule has 1 aliphatic rings. The van der Waals surface area contributed by atoms with E-state index in [2.05, 4.69) is 0 Å². The van der Waals surface area contributed by atoms with Gasteiger partial charge in [0.2, 0.25) is 0 Å². The summed E-state index contributed by atoms with van der Waals surface area (Å²) in [7, 11) is 0. The maximum Gasteiger partial charge on any atom is 0.338 e. The molecule has 3 aromatic carbocycles. The van der Waals surface area contributed by atoms with Gasteiger partial charge in [-0.25, -0.2) is 4.79 Å². The third-order valence-corrected chi connectivity index (χ3v) is 5.85. The topological polar surface area (TPSA) is 66.8 Å². The molecule has 1 heterocycles. The van der Waals surface area contributed by atoms with Gasteiger partial charge in [-0.3, -0.25) is 9.69 Å². The summed E-state index contributed by atoms with van der Waals surface area (Å²) in [6, 6.07) is 23.2. The maximum absolute atomic E-state index is 13.1. The normalized spacial score (nSPS) is 15.4.